The molecule has 1 aromatic carbocycles. The number of benzene rings is 1. The van der Waals surface area contributed by atoms with Gasteiger partial charge in [-0.2, -0.15) is 0 Å². The zero-order valence-corrected chi connectivity index (χ0v) is 9.30. The van der Waals surface area contributed by atoms with Gasteiger partial charge < -0.3 is 4.42 Å². The number of H-pyrrole nitrogens is 1. The summed E-state index contributed by atoms with van der Waals surface area (Å²) in [5.41, 5.74) is 3.14. The Bertz CT molecular complexity index is 708. The third-order valence-electron chi connectivity index (χ3n) is 2.34. The fourth-order valence-corrected chi connectivity index (χ4v) is 2.22. The molecule has 2 aromatic heterocycles. The SMILES string of the molecule is Cc1nc(-c2ccc3[nH]c(=O)oc3c2)cs1. The van der Waals surface area contributed by atoms with Gasteiger partial charge in [0.1, 0.15) is 0 Å². The summed E-state index contributed by atoms with van der Waals surface area (Å²) in [5, 5.41) is 3.01. The predicted molar refractivity (Wildman–Crippen MR) is 62.7 cm³/mol. The van der Waals surface area contributed by atoms with Gasteiger partial charge in [-0.1, -0.05) is 6.07 Å². The van der Waals surface area contributed by atoms with Crippen LogP contribution in [0.2, 0.25) is 0 Å². The van der Waals surface area contributed by atoms with Gasteiger partial charge in [0, 0.05) is 10.9 Å². The van der Waals surface area contributed by atoms with Gasteiger partial charge >= 0.3 is 5.76 Å². The standard InChI is InChI=1S/C11H8N2O2S/c1-6-12-9(5-16-6)7-2-3-8-10(4-7)15-11(14)13-8/h2-5H,1H3,(H,13,14). The number of hydrogen-bond donors (Lipinski definition) is 1. The van der Waals surface area contributed by atoms with Crippen molar-refractivity contribution >= 4 is 22.4 Å². The summed E-state index contributed by atoms with van der Waals surface area (Å²) in [4.78, 5) is 18.0. The fraction of sp³-hybridized carbons (Fsp3) is 0.0909. The highest BCUT2D eigenvalue weighted by atomic mass is 32.1. The normalized spacial score (nSPS) is 11.1. The second kappa shape index (κ2) is 3.31. The minimum absolute atomic E-state index is 0.429. The minimum Gasteiger partial charge on any atom is -0.408 e. The van der Waals surface area contributed by atoms with Gasteiger partial charge in [0.25, 0.3) is 0 Å². The highest BCUT2D eigenvalue weighted by Crippen LogP contribution is 2.24. The van der Waals surface area contributed by atoms with Gasteiger partial charge in [-0.3, -0.25) is 4.98 Å². The van der Waals surface area contributed by atoms with Gasteiger partial charge in [0.15, 0.2) is 5.58 Å². The van der Waals surface area contributed by atoms with Gasteiger partial charge in [-0.05, 0) is 19.1 Å². The number of rotatable bonds is 1. The van der Waals surface area contributed by atoms with Crippen LogP contribution in [0.15, 0.2) is 32.8 Å². The van der Waals surface area contributed by atoms with Crippen LogP contribution in [0, 0.1) is 6.92 Å². The Hall–Kier alpha value is -1.88. The number of oxazole rings is 1. The molecule has 80 valence electrons. The van der Waals surface area contributed by atoms with Crippen molar-refractivity contribution in [3.8, 4) is 11.3 Å². The molecule has 0 amide bonds. The molecule has 0 fully saturated rings. The molecule has 2 heterocycles. The van der Waals surface area contributed by atoms with Gasteiger partial charge in [-0.25, -0.2) is 9.78 Å². The first-order valence-electron chi connectivity index (χ1n) is 4.78. The molecule has 0 aliphatic carbocycles. The molecular formula is C11H8N2O2S. The third-order valence-corrected chi connectivity index (χ3v) is 3.11. The summed E-state index contributed by atoms with van der Waals surface area (Å²) in [5.74, 6) is -0.429. The number of aromatic nitrogens is 2. The Morgan fingerprint density at radius 2 is 2.31 bits per heavy atom. The van der Waals surface area contributed by atoms with Crippen molar-refractivity contribution in [2.24, 2.45) is 0 Å². The van der Waals surface area contributed by atoms with Crippen LogP contribution in [0.1, 0.15) is 5.01 Å². The Labute approximate surface area is 94.6 Å². The topological polar surface area (TPSA) is 58.9 Å². The van der Waals surface area contributed by atoms with E-state index in [-0.39, 0.29) is 0 Å². The van der Waals surface area contributed by atoms with E-state index in [2.05, 4.69) is 9.97 Å². The maximum atomic E-state index is 11.0. The van der Waals surface area contributed by atoms with Crippen LogP contribution >= 0.6 is 11.3 Å². The third kappa shape index (κ3) is 1.45. The van der Waals surface area contributed by atoms with E-state index in [4.69, 9.17) is 4.42 Å². The summed E-state index contributed by atoms with van der Waals surface area (Å²) in [6.45, 7) is 1.96. The van der Waals surface area contributed by atoms with Crippen LogP contribution in [-0.4, -0.2) is 9.97 Å². The maximum absolute atomic E-state index is 11.0. The molecule has 0 saturated heterocycles. The molecule has 16 heavy (non-hydrogen) atoms. The lowest BCUT2D eigenvalue weighted by molar-refractivity contribution is 0.555. The molecule has 3 rings (SSSR count). The Morgan fingerprint density at radius 3 is 3.06 bits per heavy atom. The molecule has 0 bridgehead atoms. The van der Waals surface area contributed by atoms with Crippen LogP contribution in [0.3, 0.4) is 0 Å². The van der Waals surface area contributed by atoms with Crippen molar-refractivity contribution in [2.45, 2.75) is 6.92 Å². The van der Waals surface area contributed by atoms with E-state index >= 15 is 0 Å². The van der Waals surface area contributed by atoms with Crippen molar-refractivity contribution in [3.63, 3.8) is 0 Å². The number of aryl methyl sites for hydroxylation is 1. The van der Waals surface area contributed by atoms with E-state index in [1.54, 1.807) is 11.3 Å². The van der Waals surface area contributed by atoms with E-state index in [1.165, 1.54) is 0 Å². The molecule has 5 heteroatoms. The van der Waals surface area contributed by atoms with Crippen molar-refractivity contribution in [2.75, 3.05) is 0 Å². The van der Waals surface area contributed by atoms with Crippen LogP contribution in [0.25, 0.3) is 22.4 Å². The van der Waals surface area contributed by atoms with Crippen molar-refractivity contribution in [1.29, 1.82) is 0 Å². The monoisotopic (exact) mass is 232 g/mol. The summed E-state index contributed by atoms with van der Waals surface area (Å²) >= 11 is 1.60. The van der Waals surface area contributed by atoms with Crippen molar-refractivity contribution in [1.82, 2.24) is 9.97 Å². The lowest BCUT2D eigenvalue weighted by Gasteiger charge is -1.95. The van der Waals surface area contributed by atoms with Crippen LogP contribution in [0.5, 0.6) is 0 Å². The number of hydrogen-bond acceptors (Lipinski definition) is 4. The summed E-state index contributed by atoms with van der Waals surface area (Å²) in [6, 6.07) is 5.56. The van der Waals surface area contributed by atoms with E-state index in [0.29, 0.717) is 11.1 Å². The van der Waals surface area contributed by atoms with E-state index in [1.807, 2.05) is 30.5 Å². The summed E-state index contributed by atoms with van der Waals surface area (Å²) in [7, 11) is 0. The number of nitrogens with one attached hydrogen (secondary N) is 1. The molecule has 0 spiro atoms. The molecule has 3 aromatic rings. The largest absolute Gasteiger partial charge is 0.417 e. The molecule has 0 saturated carbocycles. The summed E-state index contributed by atoms with van der Waals surface area (Å²) in [6.07, 6.45) is 0. The molecule has 4 nitrogen and oxygen atoms in total. The Morgan fingerprint density at radius 1 is 1.44 bits per heavy atom. The molecule has 0 radical (unpaired) electrons. The molecule has 0 atom stereocenters. The van der Waals surface area contributed by atoms with Gasteiger partial charge in [0.2, 0.25) is 0 Å². The average molecular weight is 232 g/mol. The maximum Gasteiger partial charge on any atom is 0.417 e. The second-order valence-electron chi connectivity index (χ2n) is 3.48. The minimum atomic E-state index is -0.429. The van der Waals surface area contributed by atoms with E-state index in [9.17, 15) is 4.79 Å². The van der Waals surface area contributed by atoms with Crippen LogP contribution in [0.4, 0.5) is 0 Å². The smallest absolute Gasteiger partial charge is 0.408 e. The molecule has 0 aliphatic rings. The Kier molecular flexibility index (Phi) is 1.94. The zero-order chi connectivity index (χ0) is 11.1. The number of thiazole rings is 1. The molecular weight excluding hydrogens is 224 g/mol. The first-order chi connectivity index (χ1) is 7.72. The summed E-state index contributed by atoms with van der Waals surface area (Å²) < 4.78 is 5.00. The van der Waals surface area contributed by atoms with Crippen LogP contribution in [-0.2, 0) is 0 Å². The number of fused-ring (bicyclic) bond motifs is 1. The van der Waals surface area contributed by atoms with Crippen molar-refractivity contribution < 1.29 is 4.42 Å². The zero-order valence-electron chi connectivity index (χ0n) is 8.48. The first kappa shape index (κ1) is 9.35. The second-order valence-corrected chi connectivity index (χ2v) is 4.54. The first-order valence-corrected chi connectivity index (χ1v) is 5.66. The predicted octanol–water partition coefficient (Wildman–Crippen LogP) is 2.55. The van der Waals surface area contributed by atoms with Crippen molar-refractivity contribution in [3.05, 3.63) is 39.1 Å². The number of nitrogens with zero attached hydrogens (tertiary/aromatic N) is 1. The van der Waals surface area contributed by atoms with E-state index in [0.717, 1.165) is 16.3 Å². The number of aromatic amines is 1. The van der Waals surface area contributed by atoms with E-state index < -0.39 is 5.76 Å². The fourth-order valence-electron chi connectivity index (χ4n) is 1.60. The van der Waals surface area contributed by atoms with Gasteiger partial charge in [0.05, 0.1) is 16.2 Å². The lowest BCUT2D eigenvalue weighted by atomic mass is 10.1. The molecule has 1 N–H and O–H groups in total. The molecule has 0 aliphatic heterocycles. The average Bonchev–Trinajstić information content (AvgIpc) is 2.81. The highest BCUT2D eigenvalue weighted by molar-refractivity contribution is 7.09. The quantitative estimate of drug-likeness (QED) is 0.701. The lowest BCUT2D eigenvalue weighted by Crippen LogP contribution is -1.92. The van der Waals surface area contributed by atoms with Crippen LogP contribution < -0.4 is 5.76 Å². The molecule has 0 unspecified atom stereocenters. The van der Waals surface area contributed by atoms with Gasteiger partial charge in [-0.15, -0.1) is 11.3 Å². The Balaban J connectivity index is 2.21. The highest BCUT2D eigenvalue weighted by Gasteiger charge is 2.06.